The molecule has 12 heavy (non-hydrogen) atoms. The van der Waals surface area contributed by atoms with Gasteiger partial charge in [0.1, 0.15) is 0 Å². The fourth-order valence-corrected chi connectivity index (χ4v) is 0.776. The predicted octanol–water partition coefficient (Wildman–Crippen LogP) is 0.808. The second kappa shape index (κ2) is 6.43. The zero-order valence-electron chi connectivity index (χ0n) is 8.10. The van der Waals surface area contributed by atoms with E-state index in [2.05, 4.69) is 26.6 Å². The monoisotopic (exact) mass is 168 g/mol. The Morgan fingerprint density at radius 2 is 2.17 bits per heavy atom. The molecule has 0 saturated carbocycles. The van der Waals surface area contributed by atoms with E-state index in [-0.39, 0.29) is 0 Å². The first kappa shape index (κ1) is 10.7. The van der Waals surface area contributed by atoms with Crippen molar-refractivity contribution in [2.75, 3.05) is 20.6 Å². The molecular formula is C8H16N4. The van der Waals surface area contributed by atoms with Crippen molar-refractivity contribution in [3.05, 3.63) is 11.5 Å². The van der Waals surface area contributed by atoms with Crippen molar-refractivity contribution in [1.29, 1.82) is 0 Å². The van der Waals surface area contributed by atoms with Gasteiger partial charge in [0.25, 0.3) is 0 Å². The Morgan fingerprint density at radius 1 is 1.50 bits per heavy atom. The first-order chi connectivity index (χ1) is 5.76. The Bertz CT molecular complexity index is 211. The van der Waals surface area contributed by atoms with E-state index in [0.29, 0.717) is 0 Å². The van der Waals surface area contributed by atoms with Gasteiger partial charge in [-0.25, -0.2) is 4.99 Å². The van der Waals surface area contributed by atoms with Crippen LogP contribution in [0.15, 0.2) is 21.5 Å². The summed E-state index contributed by atoms with van der Waals surface area (Å²) in [7, 11) is 3.45. The van der Waals surface area contributed by atoms with Crippen molar-refractivity contribution < 1.29 is 0 Å². The first-order valence-corrected chi connectivity index (χ1v) is 3.93. The highest BCUT2D eigenvalue weighted by molar-refractivity contribution is 5.43. The minimum absolute atomic E-state index is 0.766. The van der Waals surface area contributed by atoms with Gasteiger partial charge in [-0.2, -0.15) is 4.99 Å². The quantitative estimate of drug-likeness (QED) is 0.610. The molecule has 0 saturated heterocycles. The molecule has 0 amide bonds. The third-order valence-corrected chi connectivity index (χ3v) is 1.30. The van der Waals surface area contributed by atoms with E-state index in [9.17, 15) is 0 Å². The van der Waals surface area contributed by atoms with Crippen LogP contribution in [-0.2, 0) is 0 Å². The van der Waals surface area contributed by atoms with Crippen LogP contribution in [0, 0.1) is 0 Å². The summed E-state index contributed by atoms with van der Waals surface area (Å²) >= 11 is 0. The van der Waals surface area contributed by atoms with Crippen molar-refractivity contribution in [2.24, 2.45) is 9.98 Å². The Balaban J connectivity index is 4.49. The number of rotatable bonds is 4. The lowest BCUT2D eigenvalue weighted by Gasteiger charge is -2.06. The third-order valence-electron chi connectivity index (χ3n) is 1.30. The molecule has 4 nitrogen and oxygen atoms in total. The molecule has 0 aliphatic rings. The van der Waals surface area contributed by atoms with Gasteiger partial charge in [0, 0.05) is 20.6 Å². The summed E-state index contributed by atoms with van der Waals surface area (Å²) in [6, 6.07) is 2.53. The van der Waals surface area contributed by atoms with Crippen LogP contribution in [0.3, 0.4) is 0 Å². The summed E-state index contributed by atoms with van der Waals surface area (Å²) in [5.41, 5.74) is 0.996. The summed E-state index contributed by atoms with van der Waals surface area (Å²) in [6.45, 7) is 4.88. The van der Waals surface area contributed by atoms with E-state index in [1.54, 1.807) is 7.05 Å². The lowest BCUT2D eigenvalue weighted by Crippen LogP contribution is -2.17. The molecule has 2 N–H and O–H groups in total. The molecule has 0 radical (unpaired) electrons. The van der Waals surface area contributed by atoms with Crippen LogP contribution in [0.5, 0.6) is 0 Å². The fourth-order valence-electron chi connectivity index (χ4n) is 0.776. The number of hydrogen-bond donors (Lipinski definition) is 2. The van der Waals surface area contributed by atoms with Crippen molar-refractivity contribution >= 4 is 6.01 Å². The summed E-state index contributed by atoms with van der Waals surface area (Å²) in [6.07, 6.45) is 0. The van der Waals surface area contributed by atoms with Crippen LogP contribution in [0.25, 0.3) is 0 Å². The van der Waals surface area contributed by atoms with Crippen LogP contribution in [0.4, 0.5) is 0 Å². The number of nitrogens with one attached hydrogen (secondary N) is 2. The average Bonchev–Trinajstić information content (AvgIpc) is 2.06. The molecule has 0 aliphatic heterocycles. The van der Waals surface area contributed by atoms with Crippen LogP contribution >= 0.6 is 0 Å². The Morgan fingerprint density at radius 3 is 2.58 bits per heavy atom. The molecule has 4 heteroatoms. The molecule has 0 atom stereocenters. The number of aliphatic imine (C=N–C) groups is 2. The summed E-state index contributed by atoms with van der Waals surface area (Å²) in [5, 5.41) is 6.10. The molecule has 0 rings (SSSR count). The van der Waals surface area contributed by atoms with E-state index in [4.69, 9.17) is 0 Å². The van der Waals surface area contributed by atoms with Gasteiger partial charge in [-0.05, 0) is 13.8 Å². The van der Waals surface area contributed by atoms with E-state index >= 15 is 0 Å². The fraction of sp³-hybridized carbons (Fsp3) is 0.625. The molecule has 0 aromatic carbocycles. The molecule has 0 bridgehead atoms. The number of allylic oxidation sites excluding steroid dienone is 1. The molecule has 0 aromatic heterocycles. The van der Waals surface area contributed by atoms with Crippen LogP contribution < -0.4 is 10.6 Å². The van der Waals surface area contributed by atoms with Gasteiger partial charge >= 0.3 is 0 Å². The van der Waals surface area contributed by atoms with Crippen LogP contribution in [0.2, 0.25) is 0 Å². The van der Waals surface area contributed by atoms with Gasteiger partial charge < -0.3 is 10.6 Å². The molecule has 0 fully saturated rings. The number of hydrogen-bond acceptors (Lipinski definition) is 4. The SMILES string of the molecule is CCN/C(C)=C(/N=C=NC)NC. The van der Waals surface area contributed by atoms with E-state index in [1.807, 2.05) is 20.9 Å². The smallest absolute Gasteiger partial charge is 0.156 e. The highest BCUT2D eigenvalue weighted by Crippen LogP contribution is 1.95. The van der Waals surface area contributed by atoms with Crippen LogP contribution in [-0.4, -0.2) is 26.6 Å². The molecule has 0 heterocycles. The largest absolute Gasteiger partial charge is 0.386 e. The second-order valence-corrected chi connectivity index (χ2v) is 2.19. The third kappa shape index (κ3) is 3.78. The zero-order valence-corrected chi connectivity index (χ0v) is 8.10. The van der Waals surface area contributed by atoms with Gasteiger partial charge in [-0.1, -0.05) is 0 Å². The summed E-state index contributed by atoms with van der Waals surface area (Å²) < 4.78 is 0. The van der Waals surface area contributed by atoms with Gasteiger partial charge in [-0.3, -0.25) is 0 Å². The topological polar surface area (TPSA) is 48.8 Å². The van der Waals surface area contributed by atoms with Gasteiger partial charge in [0.15, 0.2) is 5.82 Å². The normalized spacial score (nSPS) is 11.0. The van der Waals surface area contributed by atoms with Gasteiger partial charge in [0.05, 0.1) is 11.7 Å². The zero-order chi connectivity index (χ0) is 9.40. The lowest BCUT2D eigenvalue weighted by molar-refractivity contribution is 0.801. The maximum atomic E-state index is 3.97. The molecular weight excluding hydrogens is 152 g/mol. The maximum Gasteiger partial charge on any atom is 0.156 e. The summed E-state index contributed by atoms with van der Waals surface area (Å²) in [5.74, 6) is 0.766. The van der Waals surface area contributed by atoms with Crippen LogP contribution in [0.1, 0.15) is 13.8 Å². The van der Waals surface area contributed by atoms with Crippen molar-refractivity contribution in [3.8, 4) is 0 Å². The lowest BCUT2D eigenvalue weighted by atomic mass is 10.4. The standard InChI is InChI=1S/C8H16N4/c1-5-11-7(2)8(10-4)12-6-9-3/h10-11H,5H2,1-4H3/b8-7+. The van der Waals surface area contributed by atoms with Gasteiger partial charge in [0.2, 0.25) is 0 Å². The number of nitrogens with zero attached hydrogens (tertiary/aromatic N) is 2. The first-order valence-electron chi connectivity index (χ1n) is 3.93. The minimum atomic E-state index is 0.766. The highest BCUT2D eigenvalue weighted by atomic mass is 15.1. The molecule has 0 aliphatic carbocycles. The molecule has 68 valence electrons. The Hall–Kier alpha value is -1.28. The molecule has 0 spiro atoms. The van der Waals surface area contributed by atoms with Crippen molar-refractivity contribution in [1.82, 2.24) is 10.6 Å². The van der Waals surface area contributed by atoms with Crippen molar-refractivity contribution in [3.63, 3.8) is 0 Å². The Labute approximate surface area is 73.5 Å². The predicted molar refractivity (Wildman–Crippen MR) is 51.2 cm³/mol. The maximum absolute atomic E-state index is 3.97. The second-order valence-electron chi connectivity index (χ2n) is 2.19. The molecule has 0 aromatic rings. The average molecular weight is 168 g/mol. The highest BCUT2D eigenvalue weighted by Gasteiger charge is 1.94. The van der Waals surface area contributed by atoms with Crippen molar-refractivity contribution in [2.45, 2.75) is 13.8 Å². The van der Waals surface area contributed by atoms with E-state index in [0.717, 1.165) is 18.1 Å². The van der Waals surface area contributed by atoms with E-state index in [1.165, 1.54) is 0 Å². The molecule has 0 unspecified atom stereocenters. The minimum Gasteiger partial charge on any atom is -0.386 e. The van der Waals surface area contributed by atoms with E-state index < -0.39 is 0 Å². The summed E-state index contributed by atoms with van der Waals surface area (Å²) in [4.78, 5) is 7.62. The van der Waals surface area contributed by atoms with Gasteiger partial charge in [-0.15, -0.1) is 0 Å². The Kier molecular flexibility index (Phi) is 5.75.